The maximum Gasteiger partial charge on any atom is 0.277 e. The summed E-state index contributed by atoms with van der Waals surface area (Å²) in [7, 11) is 0. The Morgan fingerprint density at radius 2 is 1.81 bits per heavy atom. The molecular formula is C10H21N9O2. The predicted molar refractivity (Wildman–Crippen MR) is 81.8 cm³/mol. The van der Waals surface area contributed by atoms with E-state index in [1.54, 1.807) is 6.07 Å². The average Bonchev–Trinajstić information content (AvgIpc) is 2.25. The van der Waals surface area contributed by atoms with Gasteiger partial charge in [-0.1, -0.05) is 7.43 Å². The summed E-state index contributed by atoms with van der Waals surface area (Å²) < 4.78 is 0. The molecule has 0 aromatic carbocycles. The van der Waals surface area contributed by atoms with Crippen LogP contribution in [0.5, 0.6) is 0 Å². The van der Waals surface area contributed by atoms with Crippen molar-refractivity contribution in [3.05, 3.63) is 10.4 Å². The monoisotopic (exact) mass is 299 g/mol. The number of Topliss-reactive ketones (excluding diaryl/α,β-unsaturated/α-hetero) is 1. The Hall–Kier alpha value is -3.29. The van der Waals surface area contributed by atoms with Gasteiger partial charge in [-0.15, -0.1) is 0 Å². The molecule has 11 nitrogen and oxygen atoms in total. The lowest BCUT2D eigenvalue weighted by atomic mass is 10.3. The molecule has 21 heavy (non-hydrogen) atoms. The van der Waals surface area contributed by atoms with Crippen molar-refractivity contribution in [2.24, 2.45) is 11.5 Å². The van der Waals surface area contributed by atoms with Crippen LogP contribution in [-0.4, -0.2) is 21.7 Å². The maximum absolute atomic E-state index is 10.7. The first-order valence-corrected chi connectivity index (χ1v) is 4.98. The van der Waals surface area contributed by atoms with E-state index in [2.05, 4.69) is 21.4 Å². The van der Waals surface area contributed by atoms with Gasteiger partial charge in [0.25, 0.3) is 5.56 Å². The zero-order valence-corrected chi connectivity index (χ0v) is 10.8. The van der Waals surface area contributed by atoms with Gasteiger partial charge < -0.3 is 28.7 Å². The molecule has 0 amide bonds. The van der Waals surface area contributed by atoms with E-state index in [0.717, 1.165) is 0 Å². The number of aromatic amines is 1. The number of nitrogens with zero attached hydrogens (tertiary/aromatic N) is 2. The van der Waals surface area contributed by atoms with Gasteiger partial charge in [-0.25, -0.2) is 0 Å². The van der Waals surface area contributed by atoms with E-state index in [1.807, 2.05) is 0 Å². The second kappa shape index (κ2) is 11.8. The number of hydrogen-bond acceptors (Lipinski definition) is 8. The van der Waals surface area contributed by atoms with E-state index in [1.165, 1.54) is 6.92 Å². The van der Waals surface area contributed by atoms with Gasteiger partial charge in [-0.3, -0.25) is 20.0 Å². The molecule has 0 bridgehead atoms. The summed E-state index contributed by atoms with van der Waals surface area (Å²) in [4.78, 5) is 26.2. The number of carbonyl (C=O) groups is 1. The number of nitrogens with one attached hydrogen (secondary N) is 2. The molecule has 0 aliphatic carbocycles. The fourth-order valence-corrected chi connectivity index (χ4v) is 0.629. The Morgan fingerprint density at radius 3 is 2.05 bits per heavy atom. The summed E-state index contributed by atoms with van der Waals surface area (Å²) in [5.41, 5.74) is 23.8. The molecule has 1 heterocycles. The third kappa shape index (κ3) is 14.7. The summed E-state index contributed by atoms with van der Waals surface area (Å²) in [6.07, 6.45) is 0.0417. The molecule has 11 heteroatoms. The van der Waals surface area contributed by atoms with Crippen LogP contribution in [0.4, 0.5) is 17.5 Å². The molecule has 0 unspecified atom stereocenters. The minimum absolute atomic E-state index is 0. The standard InChI is InChI=1S/C4H7N5O.C4H5NO.CH5N3.CH4/c5-1-2(6)8-4(7)9-3(1)10;1-4(6)2-3-5;2-1(3)4;/h5H2,(H5,6,7,8,9,10);2H2,1H3;(H5,2,3,4);1H4. The Morgan fingerprint density at radius 1 is 1.38 bits per heavy atom. The van der Waals surface area contributed by atoms with Crippen molar-refractivity contribution in [3.63, 3.8) is 0 Å². The molecule has 0 saturated heterocycles. The smallest absolute Gasteiger partial charge is 0.277 e. The third-order valence-electron chi connectivity index (χ3n) is 1.33. The number of guanidine groups is 1. The van der Waals surface area contributed by atoms with E-state index in [9.17, 15) is 9.59 Å². The minimum atomic E-state index is -0.509. The number of ketones is 1. The molecule has 0 spiro atoms. The fraction of sp³-hybridized carbons (Fsp3) is 0.300. The van der Waals surface area contributed by atoms with E-state index < -0.39 is 5.56 Å². The van der Waals surface area contributed by atoms with Crippen LogP contribution in [0.15, 0.2) is 4.79 Å². The summed E-state index contributed by atoms with van der Waals surface area (Å²) in [6, 6.07) is 1.72. The molecule has 0 aliphatic heterocycles. The molecule has 0 radical (unpaired) electrons. The van der Waals surface area contributed by atoms with Gasteiger partial charge in [0.05, 0.1) is 12.5 Å². The first-order chi connectivity index (χ1) is 9.11. The zero-order valence-electron chi connectivity index (χ0n) is 10.8. The molecule has 0 saturated carbocycles. The van der Waals surface area contributed by atoms with Crippen molar-refractivity contribution in [1.29, 1.82) is 10.7 Å². The molecule has 118 valence electrons. The number of nitriles is 1. The van der Waals surface area contributed by atoms with Crippen LogP contribution >= 0.6 is 0 Å². The van der Waals surface area contributed by atoms with E-state index in [4.69, 9.17) is 27.9 Å². The molecule has 1 aromatic heterocycles. The van der Waals surface area contributed by atoms with E-state index in [-0.39, 0.29) is 43.0 Å². The van der Waals surface area contributed by atoms with Crippen LogP contribution in [0, 0.1) is 16.7 Å². The molecular weight excluding hydrogens is 278 g/mol. The predicted octanol–water partition coefficient (Wildman–Crippen LogP) is -1.52. The first kappa shape index (κ1) is 22.9. The molecule has 0 aliphatic rings. The highest BCUT2D eigenvalue weighted by molar-refractivity contribution is 5.77. The Balaban J connectivity index is -0.000000255. The Labute approximate surface area is 121 Å². The van der Waals surface area contributed by atoms with Gasteiger partial charge in [0.1, 0.15) is 11.5 Å². The van der Waals surface area contributed by atoms with Crippen molar-refractivity contribution in [1.82, 2.24) is 9.97 Å². The lowest BCUT2D eigenvalue weighted by Gasteiger charge is -1.96. The van der Waals surface area contributed by atoms with E-state index in [0.29, 0.717) is 0 Å². The molecule has 0 fully saturated rings. The SMILES string of the molecule is C.CC(=O)CC#N.N=C(N)N.Nc1nc(N)c(N)c(=O)[nH]1. The summed E-state index contributed by atoms with van der Waals surface area (Å²) in [5.74, 6) is -0.476. The molecule has 1 rings (SSSR count). The normalized spacial score (nSPS) is 7.62. The van der Waals surface area contributed by atoms with E-state index >= 15 is 0 Å². The Kier molecular flexibility index (Phi) is 12.8. The Bertz CT molecular complexity index is 555. The highest BCUT2D eigenvalue weighted by atomic mass is 16.1. The van der Waals surface area contributed by atoms with Gasteiger partial charge in [0.2, 0.25) is 5.95 Å². The zero-order chi connectivity index (χ0) is 16.3. The highest BCUT2D eigenvalue weighted by Gasteiger charge is 2.00. The number of hydrogen-bond donors (Lipinski definition) is 7. The molecule has 0 atom stereocenters. The van der Waals surface area contributed by atoms with Crippen molar-refractivity contribution in [3.8, 4) is 6.07 Å². The quantitative estimate of drug-likeness (QED) is 0.235. The lowest BCUT2D eigenvalue weighted by Crippen LogP contribution is -2.20. The van der Waals surface area contributed by atoms with Crippen LogP contribution < -0.4 is 34.2 Å². The summed E-state index contributed by atoms with van der Waals surface area (Å²) in [6.45, 7) is 1.39. The summed E-state index contributed by atoms with van der Waals surface area (Å²) in [5, 5.41) is 13.8. The van der Waals surface area contributed by atoms with Gasteiger partial charge in [0.15, 0.2) is 11.8 Å². The number of carbonyl (C=O) groups excluding carboxylic acids is 1. The number of rotatable bonds is 1. The molecule has 1 aromatic rings. The van der Waals surface area contributed by atoms with Crippen molar-refractivity contribution in [2.45, 2.75) is 20.8 Å². The summed E-state index contributed by atoms with van der Waals surface area (Å²) >= 11 is 0. The number of anilines is 3. The van der Waals surface area contributed by atoms with Crippen LogP contribution in [0.1, 0.15) is 20.8 Å². The largest absolute Gasteiger partial charge is 0.391 e. The van der Waals surface area contributed by atoms with Gasteiger partial charge in [-0.2, -0.15) is 10.2 Å². The average molecular weight is 299 g/mol. The third-order valence-corrected chi connectivity index (χ3v) is 1.33. The first-order valence-electron chi connectivity index (χ1n) is 4.98. The minimum Gasteiger partial charge on any atom is -0.391 e. The lowest BCUT2D eigenvalue weighted by molar-refractivity contribution is -0.116. The van der Waals surface area contributed by atoms with Crippen LogP contribution in [-0.2, 0) is 4.79 Å². The molecule has 12 N–H and O–H groups in total. The van der Waals surface area contributed by atoms with Gasteiger partial charge in [0, 0.05) is 0 Å². The second-order valence-corrected chi connectivity index (χ2v) is 3.24. The van der Waals surface area contributed by atoms with Crippen molar-refractivity contribution >= 4 is 29.2 Å². The second-order valence-electron chi connectivity index (χ2n) is 3.24. The van der Waals surface area contributed by atoms with Gasteiger partial charge >= 0.3 is 0 Å². The number of nitrogens with two attached hydrogens (primary N) is 5. The van der Waals surface area contributed by atoms with Crippen LogP contribution in [0.25, 0.3) is 0 Å². The number of nitrogen functional groups attached to an aromatic ring is 3. The van der Waals surface area contributed by atoms with Crippen LogP contribution in [0.2, 0.25) is 0 Å². The van der Waals surface area contributed by atoms with Crippen molar-refractivity contribution < 1.29 is 4.79 Å². The number of aromatic nitrogens is 2. The maximum atomic E-state index is 10.7. The topological polar surface area (TPSA) is 241 Å². The van der Waals surface area contributed by atoms with Gasteiger partial charge in [-0.05, 0) is 6.92 Å². The van der Waals surface area contributed by atoms with Crippen LogP contribution in [0.3, 0.4) is 0 Å². The fourth-order valence-electron chi connectivity index (χ4n) is 0.629. The number of H-pyrrole nitrogens is 1. The van der Waals surface area contributed by atoms with Crippen molar-refractivity contribution in [2.75, 3.05) is 17.2 Å². The highest BCUT2D eigenvalue weighted by Crippen LogP contribution is 2.02.